The van der Waals surface area contributed by atoms with Crippen LogP contribution in [0.2, 0.25) is 5.02 Å². The van der Waals surface area contributed by atoms with Crippen LogP contribution in [0.25, 0.3) is 11.4 Å². The number of hydrogen-bond acceptors (Lipinski definition) is 4. The highest BCUT2D eigenvalue weighted by Gasteiger charge is 2.11. The third-order valence-electron chi connectivity index (χ3n) is 2.47. The molecule has 0 spiro atoms. The van der Waals surface area contributed by atoms with E-state index in [9.17, 15) is 9.18 Å². The van der Waals surface area contributed by atoms with Crippen LogP contribution in [0.15, 0.2) is 18.2 Å². The lowest BCUT2D eigenvalue weighted by molar-refractivity contribution is -0.137. The second kappa shape index (κ2) is 5.75. The summed E-state index contributed by atoms with van der Waals surface area (Å²) in [6.45, 7) is 0.365. The Morgan fingerprint density at radius 3 is 2.95 bits per heavy atom. The molecular formula is C11H10ClFN4O2. The van der Waals surface area contributed by atoms with Crippen LogP contribution in [0.3, 0.4) is 0 Å². The number of carboxylic acids is 1. The highest BCUT2D eigenvalue weighted by atomic mass is 35.5. The number of aryl methyl sites for hydroxylation is 1. The first-order valence-electron chi connectivity index (χ1n) is 5.51. The van der Waals surface area contributed by atoms with Gasteiger partial charge < -0.3 is 5.11 Å². The predicted octanol–water partition coefficient (Wildman–Crippen LogP) is 2.00. The minimum atomic E-state index is -0.876. The van der Waals surface area contributed by atoms with Crippen molar-refractivity contribution in [2.75, 3.05) is 0 Å². The number of aliphatic carboxylic acids is 1. The molecule has 100 valence electrons. The molecule has 2 aromatic rings. The van der Waals surface area contributed by atoms with Gasteiger partial charge in [-0.1, -0.05) is 11.6 Å². The standard InChI is InChI=1S/C11H10ClFN4O2/c12-8-6-7(3-4-9(8)13)11-14-15-16-17(11)5-1-2-10(18)19/h3-4,6H,1-2,5H2,(H,18,19). The number of benzene rings is 1. The van der Waals surface area contributed by atoms with Gasteiger partial charge in [-0.15, -0.1) is 5.10 Å². The van der Waals surface area contributed by atoms with Gasteiger partial charge in [-0.25, -0.2) is 9.07 Å². The molecule has 1 heterocycles. The number of rotatable bonds is 5. The van der Waals surface area contributed by atoms with Crippen molar-refractivity contribution in [1.82, 2.24) is 20.2 Å². The normalized spacial score (nSPS) is 10.6. The summed E-state index contributed by atoms with van der Waals surface area (Å²) in [6.07, 6.45) is 0.436. The first-order valence-corrected chi connectivity index (χ1v) is 5.89. The SMILES string of the molecule is O=C(O)CCCn1nnnc1-c1ccc(F)c(Cl)c1. The summed E-state index contributed by atoms with van der Waals surface area (Å²) in [7, 11) is 0. The summed E-state index contributed by atoms with van der Waals surface area (Å²) in [6, 6.07) is 4.17. The Labute approximate surface area is 112 Å². The Hall–Kier alpha value is -2.02. The summed E-state index contributed by atoms with van der Waals surface area (Å²) in [5, 5.41) is 19.7. The topological polar surface area (TPSA) is 80.9 Å². The molecule has 1 aromatic heterocycles. The maximum Gasteiger partial charge on any atom is 0.303 e. The van der Waals surface area contributed by atoms with Gasteiger partial charge in [0, 0.05) is 18.5 Å². The molecule has 0 atom stereocenters. The molecule has 1 aromatic carbocycles. The van der Waals surface area contributed by atoms with E-state index in [1.54, 1.807) is 0 Å². The van der Waals surface area contributed by atoms with Gasteiger partial charge in [-0.2, -0.15) is 0 Å². The van der Waals surface area contributed by atoms with Crippen LogP contribution in [0.4, 0.5) is 4.39 Å². The highest BCUT2D eigenvalue weighted by Crippen LogP contribution is 2.22. The molecule has 2 rings (SSSR count). The van der Waals surface area contributed by atoms with E-state index in [1.807, 2.05) is 0 Å². The van der Waals surface area contributed by atoms with Crippen molar-refractivity contribution in [1.29, 1.82) is 0 Å². The second-order valence-electron chi connectivity index (χ2n) is 3.85. The highest BCUT2D eigenvalue weighted by molar-refractivity contribution is 6.31. The summed E-state index contributed by atoms with van der Waals surface area (Å²) in [4.78, 5) is 10.4. The van der Waals surface area contributed by atoms with Gasteiger partial charge in [0.15, 0.2) is 5.82 Å². The Balaban J connectivity index is 2.18. The third kappa shape index (κ3) is 3.25. The van der Waals surface area contributed by atoms with E-state index in [1.165, 1.54) is 22.9 Å². The molecule has 8 heteroatoms. The van der Waals surface area contributed by atoms with Crippen molar-refractivity contribution in [3.8, 4) is 11.4 Å². The average Bonchev–Trinajstić information content (AvgIpc) is 2.80. The first-order chi connectivity index (χ1) is 9.08. The van der Waals surface area contributed by atoms with Gasteiger partial charge >= 0.3 is 5.97 Å². The van der Waals surface area contributed by atoms with Crippen LogP contribution in [0.1, 0.15) is 12.8 Å². The zero-order chi connectivity index (χ0) is 13.8. The minimum Gasteiger partial charge on any atom is -0.481 e. The Morgan fingerprint density at radius 2 is 2.26 bits per heavy atom. The molecular weight excluding hydrogens is 275 g/mol. The van der Waals surface area contributed by atoms with Gasteiger partial charge in [0.25, 0.3) is 0 Å². The maximum absolute atomic E-state index is 13.1. The summed E-state index contributed by atoms with van der Waals surface area (Å²) in [5.74, 6) is -0.970. The van der Waals surface area contributed by atoms with Crippen LogP contribution in [-0.4, -0.2) is 31.3 Å². The average molecular weight is 285 g/mol. The Morgan fingerprint density at radius 1 is 1.47 bits per heavy atom. The van der Waals surface area contributed by atoms with Crippen LogP contribution in [-0.2, 0) is 11.3 Å². The van der Waals surface area contributed by atoms with Crippen molar-refractivity contribution < 1.29 is 14.3 Å². The van der Waals surface area contributed by atoms with E-state index in [0.29, 0.717) is 24.4 Å². The van der Waals surface area contributed by atoms with Crippen LogP contribution in [0, 0.1) is 5.82 Å². The molecule has 0 aliphatic carbocycles. The largest absolute Gasteiger partial charge is 0.481 e. The maximum atomic E-state index is 13.1. The van der Waals surface area contributed by atoms with E-state index in [0.717, 1.165) is 0 Å². The molecule has 0 radical (unpaired) electrons. The van der Waals surface area contributed by atoms with E-state index >= 15 is 0 Å². The molecule has 0 saturated heterocycles. The van der Waals surface area contributed by atoms with E-state index < -0.39 is 11.8 Å². The smallest absolute Gasteiger partial charge is 0.303 e. The number of nitrogens with zero attached hydrogens (tertiary/aromatic N) is 4. The Kier molecular flexibility index (Phi) is 4.06. The lowest BCUT2D eigenvalue weighted by Gasteiger charge is -2.04. The summed E-state index contributed by atoms with van der Waals surface area (Å²) >= 11 is 5.70. The van der Waals surface area contributed by atoms with Gasteiger partial charge in [0.05, 0.1) is 5.02 Å². The molecule has 0 aliphatic heterocycles. The van der Waals surface area contributed by atoms with Gasteiger partial charge in [-0.3, -0.25) is 4.79 Å². The molecule has 0 amide bonds. The van der Waals surface area contributed by atoms with Crippen molar-refractivity contribution >= 4 is 17.6 Å². The number of tetrazole rings is 1. The fraction of sp³-hybridized carbons (Fsp3) is 0.273. The monoisotopic (exact) mass is 284 g/mol. The summed E-state index contributed by atoms with van der Waals surface area (Å²) in [5.41, 5.74) is 0.576. The number of aromatic nitrogens is 4. The van der Waals surface area contributed by atoms with Gasteiger partial charge in [-0.05, 0) is 35.0 Å². The number of halogens is 2. The quantitative estimate of drug-likeness (QED) is 0.908. The van der Waals surface area contributed by atoms with Gasteiger partial charge in [0.2, 0.25) is 0 Å². The second-order valence-corrected chi connectivity index (χ2v) is 4.26. The first kappa shape index (κ1) is 13.4. The molecule has 0 aliphatic rings. The zero-order valence-electron chi connectivity index (χ0n) is 9.75. The molecule has 19 heavy (non-hydrogen) atoms. The molecule has 0 unspecified atom stereocenters. The molecule has 0 saturated carbocycles. The summed E-state index contributed by atoms with van der Waals surface area (Å²) < 4.78 is 14.5. The molecule has 6 nitrogen and oxygen atoms in total. The van der Waals surface area contributed by atoms with Crippen LogP contribution in [0.5, 0.6) is 0 Å². The zero-order valence-corrected chi connectivity index (χ0v) is 10.5. The van der Waals surface area contributed by atoms with E-state index in [4.69, 9.17) is 16.7 Å². The van der Waals surface area contributed by atoms with Crippen molar-refractivity contribution in [3.05, 3.63) is 29.0 Å². The number of hydrogen-bond donors (Lipinski definition) is 1. The molecule has 0 bridgehead atoms. The predicted molar refractivity (Wildman–Crippen MR) is 65.1 cm³/mol. The fourth-order valence-corrected chi connectivity index (χ4v) is 1.76. The minimum absolute atomic E-state index is 0.0161. The van der Waals surface area contributed by atoms with Crippen molar-refractivity contribution in [3.63, 3.8) is 0 Å². The third-order valence-corrected chi connectivity index (χ3v) is 2.76. The number of carbonyl (C=O) groups is 1. The molecule has 0 fully saturated rings. The van der Waals surface area contributed by atoms with Crippen LogP contribution >= 0.6 is 11.6 Å². The Bertz CT molecular complexity index is 602. The lowest BCUT2D eigenvalue weighted by atomic mass is 10.2. The van der Waals surface area contributed by atoms with Crippen molar-refractivity contribution in [2.24, 2.45) is 0 Å². The molecule has 1 N–H and O–H groups in total. The fourth-order valence-electron chi connectivity index (χ4n) is 1.58. The lowest BCUT2D eigenvalue weighted by Crippen LogP contribution is -2.05. The van der Waals surface area contributed by atoms with E-state index in [2.05, 4.69) is 15.5 Å². The van der Waals surface area contributed by atoms with Crippen LogP contribution < -0.4 is 0 Å². The number of carboxylic acid groups (broad SMARTS) is 1. The van der Waals surface area contributed by atoms with E-state index in [-0.39, 0.29) is 11.4 Å². The van der Waals surface area contributed by atoms with Crippen molar-refractivity contribution in [2.45, 2.75) is 19.4 Å². The van der Waals surface area contributed by atoms with Gasteiger partial charge in [0.1, 0.15) is 5.82 Å².